The maximum atomic E-state index is 13.2. The number of esters is 1. The second-order valence-electron chi connectivity index (χ2n) is 8.01. The van der Waals surface area contributed by atoms with Crippen LogP contribution in [0.2, 0.25) is 0 Å². The molecule has 1 N–H and O–H groups in total. The molecule has 1 unspecified atom stereocenters. The van der Waals surface area contributed by atoms with Crippen LogP contribution >= 0.6 is 0 Å². The van der Waals surface area contributed by atoms with E-state index in [4.69, 9.17) is 0 Å². The number of benzene rings is 2. The molecule has 34 heavy (non-hydrogen) atoms. The van der Waals surface area contributed by atoms with Crippen LogP contribution < -0.4 is 4.72 Å². The lowest BCUT2D eigenvalue weighted by molar-refractivity contribution is -0.140. The van der Waals surface area contributed by atoms with E-state index in [1.165, 1.54) is 7.11 Å². The van der Waals surface area contributed by atoms with Crippen molar-refractivity contribution in [1.29, 1.82) is 0 Å². The molecule has 0 radical (unpaired) electrons. The second-order valence-corrected chi connectivity index (χ2v) is 9.73. The van der Waals surface area contributed by atoms with Crippen molar-refractivity contribution in [3.63, 3.8) is 0 Å². The van der Waals surface area contributed by atoms with Gasteiger partial charge in [-0.15, -0.1) is 0 Å². The molecule has 5 nitrogen and oxygen atoms in total. The van der Waals surface area contributed by atoms with E-state index in [1.54, 1.807) is 12.1 Å². The summed E-state index contributed by atoms with van der Waals surface area (Å²) in [7, 11) is -2.65. The van der Waals surface area contributed by atoms with Gasteiger partial charge >= 0.3 is 12.1 Å². The zero-order valence-corrected chi connectivity index (χ0v) is 19.7. The van der Waals surface area contributed by atoms with Gasteiger partial charge in [0.25, 0.3) is 0 Å². The Labute approximate surface area is 197 Å². The molecule has 2 aromatic carbocycles. The number of hydrogen-bond donors (Lipinski definition) is 1. The Balaban J connectivity index is 2.09. The number of alkyl halides is 3. The summed E-state index contributed by atoms with van der Waals surface area (Å²) in [6, 6.07) is 10.9. The van der Waals surface area contributed by atoms with Crippen LogP contribution in [-0.2, 0) is 26.0 Å². The molecule has 0 aromatic heterocycles. The summed E-state index contributed by atoms with van der Waals surface area (Å²) in [4.78, 5) is 11.1. The SMILES string of the molecule is COC(=O)CCCc1ccc(C(CCCCCC(F)(F)F)NS(=O)(=O)c2ccc(F)cc2)cc1. The first-order valence-corrected chi connectivity index (χ1v) is 12.5. The first kappa shape index (κ1) is 27.8. The molecule has 0 heterocycles. The zero-order valence-electron chi connectivity index (χ0n) is 18.9. The number of ether oxygens (including phenoxy) is 1. The predicted octanol–water partition coefficient (Wildman–Crippen LogP) is 5.85. The van der Waals surface area contributed by atoms with Crippen LogP contribution in [0.5, 0.6) is 0 Å². The van der Waals surface area contributed by atoms with Gasteiger partial charge in [0.15, 0.2) is 0 Å². The van der Waals surface area contributed by atoms with E-state index in [2.05, 4.69) is 9.46 Å². The predicted molar refractivity (Wildman–Crippen MR) is 120 cm³/mol. The quantitative estimate of drug-likeness (QED) is 0.211. The van der Waals surface area contributed by atoms with Gasteiger partial charge in [-0.3, -0.25) is 4.79 Å². The lowest BCUT2D eigenvalue weighted by atomic mass is 9.98. The molecule has 1 atom stereocenters. The van der Waals surface area contributed by atoms with E-state index in [0.29, 0.717) is 37.7 Å². The lowest BCUT2D eigenvalue weighted by Gasteiger charge is -2.20. The number of halogens is 4. The van der Waals surface area contributed by atoms with Crippen molar-refractivity contribution in [1.82, 2.24) is 4.72 Å². The summed E-state index contributed by atoms with van der Waals surface area (Å²) in [6.07, 6.45) is -2.58. The maximum absolute atomic E-state index is 13.2. The van der Waals surface area contributed by atoms with E-state index in [0.717, 1.165) is 29.8 Å². The van der Waals surface area contributed by atoms with Crippen LogP contribution in [0.3, 0.4) is 0 Å². The molecule has 0 spiro atoms. The van der Waals surface area contributed by atoms with Crippen LogP contribution in [0.15, 0.2) is 53.4 Å². The normalized spacial score (nSPS) is 13.0. The highest BCUT2D eigenvalue weighted by molar-refractivity contribution is 7.89. The number of carbonyl (C=O) groups is 1. The van der Waals surface area contributed by atoms with Crippen LogP contribution in [0, 0.1) is 5.82 Å². The average Bonchev–Trinajstić information content (AvgIpc) is 2.78. The Hall–Kier alpha value is -2.46. The first-order valence-electron chi connectivity index (χ1n) is 11.0. The summed E-state index contributed by atoms with van der Waals surface area (Å²) in [5.74, 6) is -0.861. The number of carbonyl (C=O) groups excluding carboxylic acids is 1. The van der Waals surface area contributed by atoms with E-state index < -0.39 is 34.5 Å². The number of unbranched alkanes of at least 4 members (excludes halogenated alkanes) is 2. The highest BCUT2D eigenvalue weighted by atomic mass is 32.2. The Bertz CT molecular complexity index is 1010. The van der Waals surface area contributed by atoms with Gasteiger partial charge in [0, 0.05) is 18.9 Å². The van der Waals surface area contributed by atoms with Gasteiger partial charge < -0.3 is 4.74 Å². The van der Waals surface area contributed by atoms with Crippen molar-refractivity contribution >= 4 is 16.0 Å². The minimum absolute atomic E-state index is 0.0277. The Morgan fingerprint density at radius 1 is 0.971 bits per heavy atom. The molecule has 0 saturated carbocycles. The van der Waals surface area contributed by atoms with E-state index in [-0.39, 0.29) is 23.7 Å². The minimum Gasteiger partial charge on any atom is -0.469 e. The summed E-state index contributed by atoms with van der Waals surface area (Å²) in [5.41, 5.74) is 1.62. The Kier molecular flexibility index (Phi) is 10.5. The number of methoxy groups -OCH3 is 1. The zero-order chi connectivity index (χ0) is 25.2. The molecule has 0 aliphatic rings. The van der Waals surface area contributed by atoms with Gasteiger partial charge in [0.05, 0.1) is 12.0 Å². The van der Waals surface area contributed by atoms with Gasteiger partial charge in [-0.1, -0.05) is 37.1 Å². The Morgan fingerprint density at radius 2 is 1.62 bits per heavy atom. The van der Waals surface area contributed by atoms with Crippen LogP contribution in [-0.4, -0.2) is 27.7 Å². The molecule has 188 valence electrons. The first-order chi connectivity index (χ1) is 16.0. The van der Waals surface area contributed by atoms with Crippen molar-refractivity contribution in [2.45, 2.75) is 68.5 Å². The van der Waals surface area contributed by atoms with Crippen molar-refractivity contribution in [2.24, 2.45) is 0 Å². The number of nitrogens with one attached hydrogen (secondary N) is 1. The van der Waals surface area contributed by atoms with Gasteiger partial charge in [-0.2, -0.15) is 13.2 Å². The molecule has 0 amide bonds. The van der Waals surface area contributed by atoms with Crippen LogP contribution in [0.4, 0.5) is 17.6 Å². The van der Waals surface area contributed by atoms with Crippen molar-refractivity contribution < 1.29 is 35.5 Å². The third-order valence-corrected chi connectivity index (χ3v) is 6.82. The third kappa shape index (κ3) is 9.80. The molecule has 0 aliphatic heterocycles. The Morgan fingerprint density at radius 3 is 2.21 bits per heavy atom. The lowest BCUT2D eigenvalue weighted by Crippen LogP contribution is -2.28. The number of aryl methyl sites for hydroxylation is 1. The van der Waals surface area contributed by atoms with Gasteiger partial charge in [-0.05, 0) is 61.1 Å². The molecule has 0 saturated heterocycles. The largest absolute Gasteiger partial charge is 0.469 e. The van der Waals surface area contributed by atoms with Gasteiger partial charge in [0.2, 0.25) is 10.0 Å². The fourth-order valence-electron chi connectivity index (χ4n) is 3.47. The summed E-state index contributed by atoms with van der Waals surface area (Å²) >= 11 is 0. The van der Waals surface area contributed by atoms with Gasteiger partial charge in [-0.25, -0.2) is 17.5 Å². The highest BCUT2D eigenvalue weighted by Gasteiger charge is 2.26. The average molecular weight is 504 g/mol. The number of rotatable bonds is 13. The standard InChI is InChI=1S/C24H29F4NO4S/c1-33-23(30)8-5-6-18-9-11-19(12-10-18)22(7-3-2-4-17-24(26,27)28)29-34(31,32)21-15-13-20(25)14-16-21/h9-16,22,29H,2-8,17H2,1H3. The monoisotopic (exact) mass is 503 g/mol. The molecule has 2 rings (SSSR count). The second kappa shape index (κ2) is 12.9. The molecule has 2 aromatic rings. The molecule has 10 heteroatoms. The number of sulfonamides is 1. The molecule has 0 fully saturated rings. The van der Waals surface area contributed by atoms with Crippen molar-refractivity contribution in [3.05, 3.63) is 65.5 Å². The van der Waals surface area contributed by atoms with Crippen LogP contribution in [0.25, 0.3) is 0 Å². The molecule has 0 aliphatic carbocycles. The highest BCUT2D eigenvalue weighted by Crippen LogP contribution is 2.26. The smallest absolute Gasteiger partial charge is 0.389 e. The summed E-state index contributed by atoms with van der Waals surface area (Å²) in [6.45, 7) is 0. The minimum atomic E-state index is -4.22. The van der Waals surface area contributed by atoms with Crippen molar-refractivity contribution in [2.75, 3.05) is 7.11 Å². The van der Waals surface area contributed by atoms with E-state index in [1.807, 2.05) is 12.1 Å². The van der Waals surface area contributed by atoms with Crippen LogP contribution in [0.1, 0.15) is 62.1 Å². The summed E-state index contributed by atoms with van der Waals surface area (Å²) < 4.78 is 83.2. The third-order valence-electron chi connectivity index (χ3n) is 5.33. The molecular weight excluding hydrogens is 474 g/mol. The number of hydrogen-bond acceptors (Lipinski definition) is 4. The van der Waals surface area contributed by atoms with Gasteiger partial charge in [0.1, 0.15) is 5.82 Å². The summed E-state index contributed by atoms with van der Waals surface area (Å²) in [5, 5.41) is 0. The maximum Gasteiger partial charge on any atom is 0.389 e. The van der Waals surface area contributed by atoms with E-state index >= 15 is 0 Å². The van der Waals surface area contributed by atoms with Crippen molar-refractivity contribution in [3.8, 4) is 0 Å². The topological polar surface area (TPSA) is 72.5 Å². The van der Waals surface area contributed by atoms with E-state index in [9.17, 15) is 30.8 Å². The fraction of sp³-hybridized carbons (Fsp3) is 0.458. The fourth-order valence-corrected chi connectivity index (χ4v) is 4.73. The molecular formula is C24H29F4NO4S. The molecule has 0 bridgehead atoms.